The van der Waals surface area contributed by atoms with E-state index in [-0.39, 0.29) is 18.2 Å². The number of nitrogens with zero attached hydrogens (tertiary/aromatic N) is 1. The lowest BCUT2D eigenvalue weighted by molar-refractivity contribution is -0.117. The number of hydrogen-bond acceptors (Lipinski definition) is 3. The summed E-state index contributed by atoms with van der Waals surface area (Å²) in [4.78, 5) is 26.2. The summed E-state index contributed by atoms with van der Waals surface area (Å²) in [5, 5.41) is 3.41. The first-order valence-corrected chi connectivity index (χ1v) is 9.10. The lowest BCUT2D eigenvalue weighted by Crippen LogP contribution is -2.32. The average Bonchev–Trinajstić information content (AvgIpc) is 2.61. The van der Waals surface area contributed by atoms with Gasteiger partial charge in [0, 0.05) is 36.7 Å². The molecule has 2 aromatic carbocycles. The molecule has 6 heteroatoms. The van der Waals surface area contributed by atoms with Gasteiger partial charge in [0.2, 0.25) is 11.8 Å². The highest BCUT2D eigenvalue weighted by atomic mass is 35.5. The van der Waals surface area contributed by atoms with Crippen LogP contribution in [0.1, 0.15) is 30.0 Å². The van der Waals surface area contributed by atoms with Crippen LogP contribution in [-0.4, -0.2) is 25.5 Å². The summed E-state index contributed by atoms with van der Waals surface area (Å²) in [7, 11) is 1.52. The topological polar surface area (TPSA) is 58.6 Å². The Morgan fingerprint density at radius 1 is 1.15 bits per heavy atom. The summed E-state index contributed by atoms with van der Waals surface area (Å²) < 4.78 is 5.28. The van der Waals surface area contributed by atoms with Crippen LogP contribution < -0.4 is 15.0 Å². The van der Waals surface area contributed by atoms with Crippen molar-refractivity contribution in [1.29, 1.82) is 0 Å². The highest BCUT2D eigenvalue weighted by Gasteiger charge is 2.17. The summed E-state index contributed by atoms with van der Waals surface area (Å²) in [5.41, 5.74) is 4.36. The lowest BCUT2D eigenvalue weighted by atomic mass is 10.1. The zero-order chi connectivity index (χ0) is 20.1. The van der Waals surface area contributed by atoms with Gasteiger partial charge in [0.25, 0.3) is 0 Å². The molecule has 0 fully saturated rings. The second kappa shape index (κ2) is 8.91. The molecule has 2 rings (SSSR count). The summed E-state index contributed by atoms with van der Waals surface area (Å²) in [5.74, 6) is 0.194. The maximum Gasteiger partial charge on any atom is 0.226 e. The fraction of sp³-hybridized carbons (Fsp3) is 0.333. The third-order valence-electron chi connectivity index (χ3n) is 4.56. The minimum Gasteiger partial charge on any atom is -0.495 e. The number of rotatable bonds is 6. The minimum atomic E-state index is -0.202. The summed E-state index contributed by atoms with van der Waals surface area (Å²) in [6, 6.07) is 9.25. The van der Waals surface area contributed by atoms with Crippen molar-refractivity contribution in [2.45, 2.75) is 34.1 Å². The molecule has 0 radical (unpaired) electrons. The van der Waals surface area contributed by atoms with Gasteiger partial charge < -0.3 is 15.0 Å². The Kier molecular flexibility index (Phi) is 6.86. The predicted octanol–water partition coefficient (Wildman–Crippen LogP) is 4.66. The number of carbonyl (C=O) groups excluding carboxylic acids is 2. The molecular formula is C21H25ClN2O3. The summed E-state index contributed by atoms with van der Waals surface area (Å²) >= 11 is 6.10. The van der Waals surface area contributed by atoms with Gasteiger partial charge in [-0.05, 0) is 49.6 Å². The number of ether oxygens (including phenoxy) is 1. The first-order chi connectivity index (χ1) is 12.7. The van der Waals surface area contributed by atoms with E-state index in [1.807, 2.05) is 39.0 Å². The van der Waals surface area contributed by atoms with Crippen LogP contribution >= 0.6 is 11.6 Å². The molecule has 0 saturated carbocycles. The maximum atomic E-state index is 12.4. The Morgan fingerprint density at radius 2 is 1.85 bits per heavy atom. The van der Waals surface area contributed by atoms with Crippen molar-refractivity contribution in [3.63, 3.8) is 0 Å². The van der Waals surface area contributed by atoms with Crippen LogP contribution in [0, 0.1) is 20.8 Å². The number of anilines is 2. The van der Waals surface area contributed by atoms with E-state index in [2.05, 4.69) is 5.32 Å². The molecule has 144 valence electrons. The van der Waals surface area contributed by atoms with Gasteiger partial charge in [0.05, 0.1) is 12.8 Å². The van der Waals surface area contributed by atoms with Crippen molar-refractivity contribution >= 4 is 34.8 Å². The zero-order valence-corrected chi connectivity index (χ0v) is 17.1. The molecule has 5 nitrogen and oxygen atoms in total. The van der Waals surface area contributed by atoms with Crippen molar-refractivity contribution in [1.82, 2.24) is 0 Å². The quantitative estimate of drug-likeness (QED) is 0.783. The van der Waals surface area contributed by atoms with Crippen LogP contribution in [0.4, 0.5) is 11.4 Å². The predicted molar refractivity (Wildman–Crippen MR) is 110 cm³/mol. The van der Waals surface area contributed by atoms with Gasteiger partial charge in [-0.1, -0.05) is 23.7 Å². The van der Waals surface area contributed by atoms with Crippen molar-refractivity contribution in [3.05, 3.63) is 52.0 Å². The molecule has 0 aliphatic rings. The van der Waals surface area contributed by atoms with Gasteiger partial charge in [0.15, 0.2) is 0 Å². The molecule has 1 N–H and O–H groups in total. The molecule has 0 heterocycles. The molecule has 0 bridgehead atoms. The van der Waals surface area contributed by atoms with Crippen molar-refractivity contribution in [2.24, 2.45) is 0 Å². The van der Waals surface area contributed by atoms with Gasteiger partial charge in [-0.3, -0.25) is 9.59 Å². The molecule has 0 spiro atoms. The van der Waals surface area contributed by atoms with Crippen molar-refractivity contribution in [2.75, 3.05) is 23.9 Å². The van der Waals surface area contributed by atoms with E-state index in [1.54, 1.807) is 17.0 Å². The van der Waals surface area contributed by atoms with E-state index in [0.717, 1.165) is 22.4 Å². The van der Waals surface area contributed by atoms with Crippen LogP contribution in [-0.2, 0) is 9.59 Å². The van der Waals surface area contributed by atoms with E-state index in [1.165, 1.54) is 14.0 Å². The number of amides is 2. The molecular weight excluding hydrogens is 364 g/mol. The highest BCUT2D eigenvalue weighted by Crippen LogP contribution is 2.31. The zero-order valence-electron chi connectivity index (χ0n) is 16.4. The molecule has 27 heavy (non-hydrogen) atoms. The Morgan fingerprint density at radius 3 is 2.48 bits per heavy atom. The molecule has 2 amide bonds. The van der Waals surface area contributed by atoms with E-state index >= 15 is 0 Å². The van der Waals surface area contributed by atoms with Crippen molar-refractivity contribution < 1.29 is 14.3 Å². The van der Waals surface area contributed by atoms with Gasteiger partial charge in [-0.15, -0.1) is 0 Å². The molecule has 2 aromatic rings. The Hall–Kier alpha value is -2.53. The van der Waals surface area contributed by atoms with Crippen LogP contribution in [0.25, 0.3) is 0 Å². The smallest absolute Gasteiger partial charge is 0.226 e. The van der Waals surface area contributed by atoms with Crippen LogP contribution in [0.15, 0.2) is 30.3 Å². The number of benzene rings is 2. The van der Waals surface area contributed by atoms with E-state index < -0.39 is 0 Å². The molecule has 0 aliphatic heterocycles. The molecule has 0 saturated heterocycles. The van der Waals surface area contributed by atoms with E-state index in [0.29, 0.717) is 23.0 Å². The van der Waals surface area contributed by atoms with Gasteiger partial charge in [0.1, 0.15) is 5.75 Å². The first-order valence-electron chi connectivity index (χ1n) is 8.73. The Balaban J connectivity index is 2.12. The van der Waals surface area contributed by atoms with Crippen LogP contribution in [0.3, 0.4) is 0 Å². The number of methoxy groups -OCH3 is 1. The molecule has 0 aliphatic carbocycles. The molecule has 0 atom stereocenters. The maximum absolute atomic E-state index is 12.4. The number of hydrogen-bond donors (Lipinski definition) is 1. The van der Waals surface area contributed by atoms with E-state index in [4.69, 9.17) is 16.3 Å². The lowest BCUT2D eigenvalue weighted by Gasteiger charge is -2.24. The summed E-state index contributed by atoms with van der Waals surface area (Å²) in [6.45, 7) is 7.63. The van der Waals surface area contributed by atoms with Crippen molar-refractivity contribution in [3.8, 4) is 5.75 Å². The number of halogens is 1. The molecule has 0 aromatic heterocycles. The fourth-order valence-electron chi connectivity index (χ4n) is 2.83. The largest absolute Gasteiger partial charge is 0.495 e. The van der Waals surface area contributed by atoms with Gasteiger partial charge in [-0.2, -0.15) is 0 Å². The fourth-order valence-corrected chi connectivity index (χ4v) is 2.99. The normalized spacial score (nSPS) is 10.4. The first kappa shape index (κ1) is 20.8. The standard InChI is InChI=1S/C21H25ClN2O3/c1-13-7-6-8-19(15(13)3)24(16(4)25)10-9-21(26)23-18-11-14(2)17(22)12-20(18)27-5/h6-8,11-12H,9-10H2,1-5H3,(H,23,26). The third-order valence-corrected chi connectivity index (χ3v) is 4.97. The van der Waals surface area contributed by atoms with E-state index in [9.17, 15) is 9.59 Å². The Labute approximate surface area is 165 Å². The third kappa shape index (κ3) is 5.01. The SMILES string of the molecule is COc1cc(Cl)c(C)cc1NC(=O)CCN(C(C)=O)c1cccc(C)c1C. The van der Waals surface area contributed by atoms with Crippen LogP contribution in [0.2, 0.25) is 5.02 Å². The number of nitrogens with one attached hydrogen (secondary N) is 1. The highest BCUT2D eigenvalue weighted by molar-refractivity contribution is 6.31. The monoisotopic (exact) mass is 388 g/mol. The second-order valence-electron chi connectivity index (χ2n) is 6.49. The molecule has 0 unspecified atom stereocenters. The summed E-state index contributed by atoms with van der Waals surface area (Å²) in [6.07, 6.45) is 0.164. The minimum absolute atomic E-state index is 0.101. The second-order valence-corrected chi connectivity index (χ2v) is 6.90. The van der Waals surface area contributed by atoms with Gasteiger partial charge >= 0.3 is 0 Å². The Bertz CT molecular complexity index is 865. The number of aryl methyl sites for hydroxylation is 2. The average molecular weight is 389 g/mol. The van der Waals surface area contributed by atoms with Crippen LogP contribution in [0.5, 0.6) is 5.75 Å². The van der Waals surface area contributed by atoms with Gasteiger partial charge in [-0.25, -0.2) is 0 Å². The number of carbonyl (C=O) groups is 2.